The van der Waals surface area contributed by atoms with Gasteiger partial charge in [-0.1, -0.05) is 0 Å². The van der Waals surface area contributed by atoms with E-state index in [2.05, 4.69) is 0 Å². The lowest BCUT2D eigenvalue weighted by Crippen LogP contribution is -2.24. The minimum Gasteiger partial charge on any atom is -0.457 e. The van der Waals surface area contributed by atoms with Crippen molar-refractivity contribution < 1.29 is 45.0 Å². The molecule has 1 aliphatic rings. The number of halogens is 8. The summed E-state index contributed by atoms with van der Waals surface area (Å²) in [6.07, 6.45) is -6.02. The summed E-state index contributed by atoms with van der Waals surface area (Å²) >= 11 is -0.803. The molecule has 0 heterocycles. The summed E-state index contributed by atoms with van der Waals surface area (Å²) in [7, 11) is 0. The fraction of sp³-hybridized carbons (Fsp3) is 0.250. The van der Waals surface area contributed by atoms with Gasteiger partial charge >= 0.3 is 11.4 Å². The molecule has 2 nitrogen and oxygen atoms in total. The lowest BCUT2D eigenvalue weighted by Gasteiger charge is -2.16. The summed E-state index contributed by atoms with van der Waals surface area (Å²) < 4.78 is 111. The highest BCUT2D eigenvalue weighted by Gasteiger charge is 2.58. The van der Waals surface area contributed by atoms with E-state index in [-0.39, 0.29) is 0 Å². The summed E-state index contributed by atoms with van der Waals surface area (Å²) in [5, 5.41) is 9.69. The van der Waals surface area contributed by atoms with Crippen LogP contribution in [0.5, 0.6) is 11.5 Å². The third-order valence-electron chi connectivity index (χ3n) is 3.73. The van der Waals surface area contributed by atoms with Crippen molar-refractivity contribution >= 4 is 11.8 Å². The Morgan fingerprint density at radius 1 is 1.00 bits per heavy atom. The van der Waals surface area contributed by atoms with Crippen LogP contribution >= 0.6 is 11.8 Å². The standard InChI is InChI=1S/C16H8F8O2S/c17-6-3-7(18)5-8(4-6)26-9-1-2-10(27-16(22,23)24)12-11(9)13(19)15(20,21)14(12)25/h1-5,13-14,25H. The zero-order valence-electron chi connectivity index (χ0n) is 12.8. The van der Waals surface area contributed by atoms with Crippen LogP contribution in [0.1, 0.15) is 23.4 Å². The van der Waals surface area contributed by atoms with Crippen LogP contribution in [0.4, 0.5) is 35.1 Å². The van der Waals surface area contributed by atoms with Gasteiger partial charge in [0, 0.05) is 34.2 Å². The molecule has 3 rings (SSSR count). The molecule has 2 atom stereocenters. The molecular formula is C16H8F8O2S. The maximum Gasteiger partial charge on any atom is 0.446 e. The number of ether oxygens (including phenoxy) is 1. The lowest BCUT2D eigenvalue weighted by molar-refractivity contribution is -0.143. The molecule has 11 heteroatoms. The number of benzene rings is 2. The van der Waals surface area contributed by atoms with Crippen LogP contribution in [0.25, 0.3) is 0 Å². The Kier molecular flexibility index (Phi) is 4.79. The quantitative estimate of drug-likeness (QED) is 0.487. The number of alkyl halides is 6. The second-order valence-electron chi connectivity index (χ2n) is 5.58. The van der Waals surface area contributed by atoms with Gasteiger partial charge in [0.1, 0.15) is 29.2 Å². The van der Waals surface area contributed by atoms with Crippen molar-refractivity contribution in [3.05, 3.63) is 53.1 Å². The molecule has 146 valence electrons. The summed E-state index contributed by atoms with van der Waals surface area (Å²) in [6, 6.07) is 3.31. The first-order valence-corrected chi connectivity index (χ1v) is 7.98. The lowest BCUT2D eigenvalue weighted by atomic mass is 10.1. The van der Waals surface area contributed by atoms with Crippen LogP contribution in [0, 0.1) is 11.6 Å². The third kappa shape index (κ3) is 3.70. The van der Waals surface area contributed by atoms with E-state index in [4.69, 9.17) is 4.74 Å². The first-order chi connectivity index (χ1) is 12.4. The highest BCUT2D eigenvalue weighted by molar-refractivity contribution is 8.00. The minimum atomic E-state index is -4.88. The van der Waals surface area contributed by atoms with Crippen LogP contribution < -0.4 is 4.74 Å². The largest absolute Gasteiger partial charge is 0.457 e. The Bertz CT molecular complexity index is 863. The maximum absolute atomic E-state index is 14.3. The molecule has 0 amide bonds. The third-order valence-corrected chi connectivity index (χ3v) is 4.53. The molecule has 2 aromatic rings. The predicted molar refractivity (Wildman–Crippen MR) is 78.5 cm³/mol. The molecule has 2 aromatic carbocycles. The van der Waals surface area contributed by atoms with Crippen molar-refractivity contribution in [2.75, 3.05) is 0 Å². The van der Waals surface area contributed by atoms with Crippen LogP contribution in [-0.4, -0.2) is 16.5 Å². The van der Waals surface area contributed by atoms with Gasteiger partial charge in [-0.2, -0.15) is 22.0 Å². The highest BCUT2D eigenvalue weighted by atomic mass is 32.2. The van der Waals surface area contributed by atoms with E-state index < -0.39 is 74.6 Å². The molecule has 0 aromatic heterocycles. The van der Waals surface area contributed by atoms with Gasteiger partial charge in [0.05, 0.1) is 0 Å². The second kappa shape index (κ2) is 6.55. The van der Waals surface area contributed by atoms with Gasteiger partial charge in [0.15, 0.2) is 6.17 Å². The van der Waals surface area contributed by atoms with E-state index in [0.29, 0.717) is 24.3 Å². The molecule has 2 unspecified atom stereocenters. The molecule has 0 saturated heterocycles. The molecular weight excluding hydrogens is 408 g/mol. The molecule has 0 aliphatic heterocycles. The topological polar surface area (TPSA) is 29.5 Å². The Labute approximate surface area is 150 Å². The first kappa shape index (κ1) is 19.7. The molecule has 27 heavy (non-hydrogen) atoms. The normalized spacial score (nSPS) is 21.2. The van der Waals surface area contributed by atoms with E-state index in [1.807, 2.05) is 0 Å². The van der Waals surface area contributed by atoms with E-state index in [0.717, 1.165) is 6.07 Å². The number of rotatable bonds is 3. The van der Waals surface area contributed by atoms with Gasteiger partial charge in [0.2, 0.25) is 0 Å². The van der Waals surface area contributed by atoms with Gasteiger partial charge in [-0.05, 0) is 23.9 Å². The summed E-state index contributed by atoms with van der Waals surface area (Å²) in [6.45, 7) is 0. The second-order valence-corrected chi connectivity index (χ2v) is 6.69. The fourth-order valence-electron chi connectivity index (χ4n) is 2.68. The van der Waals surface area contributed by atoms with Crippen molar-refractivity contribution in [1.29, 1.82) is 0 Å². The van der Waals surface area contributed by atoms with Gasteiger partial charge < -0.3 is 9.84 Å². The van der Waals surface area contributed by atoms with Gasteiger partial charge in [-0.3, -0.25) is 0 Å². The zero-order valence-corrected chi connectivity index (χ0v) is 13.6. The Morgan fingerprint density at radius 3 is 2.15 bits per heavy atom. The number of aliphatic hydroxyl groups is 1. The smallest absolute Gasteiger partial charge is 0.446 e. The van der Waals surface area contributed by atoms with Crippen molar-refractivity contribution in [3.8, 4) is 11.5 Å². The van der Waals surface area contributed by atoms with E-state index in [9.17, 15) is 40.2 Å². The van der Waals surface area contributed by atoms with Crippen LogP contribution in [0.15, 0.2) is 35.2 Å². The molecule has 0 radical (unpaired) electrons. The minimum absolute atomic E-state index is 0.496. The van der Waals surface area contributed by atoms with Gasteiger partial charge in [-0.25, -0.2) is 13.2 Å². The number of thioether (sulfide) groups is 1. The van der Waals surface area contributed by atoms with Crippen molar-refractivity contribution in [1.82, 2.24) is 0 Å². The van der Waals surface area contributed by atoms with Crippen LogP contribution in [0.2, 0.25) is 0 Å². The van der Waals surface area contributed by atoms with E-state index in [1.165, 1.54) is 0 Å². The first-order valence-electron chi connectivity index (χ1n) is 7.16. The predicted octanol–water partition coefficient (Wildman–Crippen LogP) is 6.06. The summed E-state index contributed by atoms with van der Waals surface area (Å²) in [4.78, 5) is -0.831. The average Bonchev–Trinajstić information content (AvgIpc) is 2.69. The summed E-state index contributed by atoms with van der Waals surface area (Å²) in [5.74, 6) is -7.77. The average molecular weight is 416 g/mol. The Balaban J connectivity index is 2.12. The Hall–Kier alpha value is -2.01. The molecule has 1 aliphatic carbocycles. The van der Waals surface area contributed by atoms with E-state index >= 15 is 0 Å². The van der Waals surface area contributed by atoms with Crippen LogP contribution in [0.3, 0.4) is 0 Å². The molecule has 1 N–H and O–H groups in total. The fourth-order valence-corrected chi connectivity index (χ4v) is 3.40. The molecule has 0 saturated carbocycles. The monoisotopic (exact) mass is 416 g/mol. The highest BCUT2D eigenvalue weighted by Crippen LogP contribution is 2.59. The van der Waals surface area contributed by atoms with Crippen molar-refractivity contribution in [2.45, 2.75) is 28.6 Å². The van der Waals surface area contributed by atoms with Crippen LogP contribution in [-0.2, 0) is 0 Å². The Morgan fingerprint density at radius 2 is 1.59 bits per heavy atom. The summed E-state index contributed by atoms with van der Waals surface area (Å²) in [5.41, 5.74) is -6.87. The van der Waals surface area contributed by atoms with Crippen molar-refractivity contribution in [2.24, 2.45) is 0 Å². The molecule has 0 fully saturated rings. The van der Waals surface area contributed by atoms with E-state index in [1.54, 1.807) is 0 Å². The zero-order chi connectivity index (χ0) is 20.1. The number of fused-ring (bicyclic) bond motifs is 1. The SMILES string of the molecule is OC1c2c(SC(F)(F)F)ccc(Oc3cc(F)cc(F)c3)c2C(F)C1(F)F. The number of hydrogen-bond acceptors (Lipinski definition) is 3. The van der Waals surface area contributed by atoms with Crippen molar-refractivity contribution in [3.63, 3.8) is 0 Å². The molecule has 0 bridgehead atoms. The number of hydrogen-bond donors (Lipinski definition) is 1. The molecule has 0 spiro atoms. The van der Waals surface area contributed by atoms with Gasteiger partial charge in [-0.15, -0.1) is 0 Å². The number of aliphatic hydroxyl groups excluding tert-OH is 1. The van der Waals surface area contributed by atoms with Gasteiger partial charge in [0.25, 0.3) is 0 Å². The maximum atomic E-state index is 14.3.